The standard InChI is InChI=1S/C21H22N2O4S2/c1-16-8-10-18(11-9-16)29(25,26)23-20-7-3-2-6-19(20)21(24)22-12-14-28-15-17-5-4-13-27-17/h2-11,13,23H,12,14-15H2,1H3,(H,22,24). The molecule has 0 atom stereocenters. The number of sulfonamides is 1. The lowest BCUT2D eigenvalue weighted by Crippen LogP contribution is -2.27. The molecule has 0 spiro atoms. The van der Waals surface area contributed by atoms with Crippen LogP contribution in [-0.4, -0.2) is 26.6 Å². The molecule has 2 N–H and O–H groups in total. The van der Waals surface area contributed by atoms with Crippen LogP contribution in [-0.2, 0) is 15.8 Å². The number of nitrogens with one attached hydrogen (secondary N) is 2. The van der Waals surface area contributed by atoms with E-state index >= 15 is 0 Å². The molecule has 6 nitrogen and oxygen atoms in total. The number of thioether (sulfide) groups is 1. The summed E-state index contributed by atoms with van der Waals surface area (Å²) in [5.74, 6) is 2.00. The molecule has 0 aliphatic carbocycles. The van der Waals surface area contributed by atoms with Gasteiger partial charge in [-0.05, 0) is 43.3 Å². The van der Waals surface area contributed by atoms with Gasteiger partial charge in [-0.1, -0.05) is 29.8 Å². The van der Waals surface area contributed by atoms with Crippen LogP contribution in [0.5, 0.6) is 0 Å². The average Bonchev–Trinajstić information content (AvgIpc) is 3.21. The topological polar surface area (TPSA) is 88.4 Å². The average molecular weight is 431 g/mol. The zero-order valence-electron chi connectivity index (χ0n) is 15.9. The van der Waals surface area contributed by atoms with Crippen LogP contribution in [0.25, 0.3) is 0 Å². The lowest BCUT2D eigenvalue weighted by atomic mass is 10.2. The van der Waals surface area contributed by atoms with Gasteiger partial charge in [-0.25, -0.2) is 8.42 Å². The van der Waals surface area contributed by atoms with Gasteiger partial charge in [-0.2, -0.15) is 11.8 Å². The van der Waals surface area contributed by atoms with Gasteiger partial charge in [-0.15, -0.1) is 0 Å². The van der Waals surface area contributed by atoms with Gasteiger partial charge in [0.05, 0.1) is 28.2 Å². The highest BCUT2D eigenvalue weighted by molar-refractivity contribution is 7.98. The predicted octanol–water partition coefficient (Wildman–Crippen LogP) is 4.05. The second-order valence-corrected chi connectivity index (χ2v) is 9.14. The van der Waals surface area contributed by atoms with Gasteiger partial charge >= 0.3 is 0 Å². The van der Waals surface area contributed by atoms with E-state index < -0.39 is 10.0 Å². The molecule has 1 amide bonds. The van der Waals surface area contributed by atoms with Crippen molar-refractivity contribution >= 4 is 33.4 Å². The SMILES string of the molecule is Cc1ccc(S(=O)(=O)Nc2ccccc2C(=O)NCCSCc2ccco2)cc1. The highest BCUT2D eigenvalue weighted by atomic mass is 32.2. The Labute approximate surface area is 174 Å². The van der Waals surface area contributed by atoms with Crippen molar-refractivity contribution in [2.75, 3.05) is 17.0 Å². The summed E-state index contributed by atoms with van der Waals surface area (Å²) in [5, 5.41) is 2.83. The number of hydrogen-bond acceptors (Lipinski definition) is 5. The quantitative estimate of drug-likeness (QED) is 0.500. The molecule has 0 aliphatic heterocycles. The highest BCUT2D eigenvalue weighted by Crippen LogP contribution is 2.20. The third-order valence-electron chi connectivity index (χ3n) is 4.10. The van der Waals surface area contributed by atoms with Gasteiger partial charge in [0.25, 0.3) is 15.9 Å². The number of anilines is 1. The van der Waals surface area contributed by atoms with Crippen molar-refractivity contribution in [1.29, 1.82) is 0 Å². The van der Waals surface area contributed by atoms with E-state index in [1.807, 2.05) is 19.1 Å². The number of rotatable bonds is 9. The molecule has 152 valence electrons. The van der Waals surface area contributed by atoms with Crippen molar-refractivity contribution in [1.82, 2.24) is 5.32 Å². The Balaban J connectivity index is 1.60. The van der Waals surface area contributed by atoms with E-state index in [1.54, 1.807) is 54.4 Å². The zero-order chi connectivity index (χ0) is 20.7. The number of para-hydroxylation sites is 1. The molecule has 0 bridgehead atoms. The molecule has 0 saturated carbocycles. The number of carbonyl (C=O) groups is 1. The summed E-state index contributed by atoms with van der Waals surface area (Å²) in [4.78, 5) is 12.7. The molecular formula is C21H22N2O4S2. The summed E-state index contributed by atoms with van der Waals surface area (Å²) < 4.78 is 33.1. The molecule has 29 heavy (non-hydrogen) atoms. The Hall–Kier alpha value is -2.71. The first-order valence-corrected chi connectivity index (χ1v) is 11.7. The van der Waals surface area contributed by atoms with Crippen LogP contribution >= 0.6 is 11.8 Å². The van der Waals surface area contributed by atoms with Crippen LogP contribution in [0.1, 0.15) is 21.7 Å². The van der Waals surface area contributed by atoms with Crippen molar-refractivity contribution in [3.63, 3.8) is 0 Å². The largest absolute Gasteiger partial charge is 0.468 e. The lowest BCUT2D eigenvalue weighted by Gasteiger charge is -2.13. The lowest BCUT2D eigenvalue weighted by molar-refractivity contribution is 0.0957. The fraction of sp³-hybridized carbons (Fsp3) is 0.190. The second kappa shape index (κ2) is 9.67. The molecular weight excluding hydrogens is 408 g/mol. The van der Waals surface area contributed by atoms with E-state index in [9.17, 15) is 13.2 Å². The second-order valence-electron chi connectivity index (χ2n) is 6.35. The summed E-state index contributed by atoms with van der Waals surface area (Å²) in [6.07, 6.45) is 1.63. The number of aryl methyl sites for hydroxylation is 1. The first-order chi connectivity index (χ1) is 14.0. The van der Waals surface area contributed by atoms with Gasteiger partial charge in [0, 0.05) is 12.3 Å². The minimum Gasteiger partial charge on any atom is -0.468 e. The monoisotopic (exact) mass is 430 g/mol. The van der Waals surface area contributed by atoms with E-state index in [4.69, 9.17) is 4.42 Å². The van der Waals surface area contributed by atoms with Crippen LogP contribution < -0.4 is 10.0 Å². The van der Waals surface area contributed by atoms with Crippen molar-refractivity contribution in [3.05, 3.63) is 83.8 Å². The predicted molar refractivity (Wildman–Crippen MR) is 116 cm³/mol. The molecule has 3 rings (SSSR count). The maximum absolute atomic E-state index is 12.6. The molecule has 0 fully saturated rings. The molecule has 1 aromatic heterocycles. The Morgan fingerprint density at radius 2 is 1.79 bits per heavy atom. The minimum atomic E-state index is -3.78. The van der Waals surface area contributed by atoms with E-state index in [2.05, 4.69) is 10.0 Å². The molecule has 0 saturated heterocycles. The minimum absolute atomic E-state index is 0.146. The molecule has 8 heteroatoms. The van der Waals surface area contributed by atoms with Crippen LogP contribution in [0.4, 0.5) is 5.69 Å². The molecule has 0 unspecified atom stereocenters. The third kappa shape index (κ3) is 5.88. The Bertz CT molecular complexity index is 1050. The fourth-order valence-corrected chi connectivity index (χ4v) is 4.43. The Kier molecular flexibility index (Phi) is 7.00. The summed E-state index contributed by atoms with van der Waals surface area (Å²) >= 11 is 1.64. The highest BCUT2D eigenvalue weighted by Gasteiger charge is 2.18. The fourth-order valence-electron chi connectivity index (χ4n) is 2.59. The summed E-state index contributed by atoms with van der Waals surface area (Å²) in [5.41, 5.74) is 1.49. The smallest absolute Gasteiger partial charge is 0.261 e. The van der Waals surface area contributed by atoms with Crippen molar-refractivity contribution in [2.45, 2.75) is 17.6 Å². The van der Waals surface area contributed by atoms with Gasteiger partial charge in [-0.3, -0.25) is 9.52 Å². The van der Waals surface area contributed by atoms with E-state index in [0.717, 1.165) is 17.1 Å². The zero-order valence-corrected chi connectivity index (χ0v) is 17.6. The third-order valence-corrected chi connectivity index (χ3v) is 6.47. The van der Waals surface area contributed by atoms with Crippen LogP contribution in [0.3, 0.4) is 0 Å². The maximum Gasteiger partial charge on any atom is 0.261 e. The van der Waals surface area contributed by atoms with Crippen molar-refractivity contribution < 1.29 is 17.6 Å². The molecule has 1 heterocycles. The first-order valence-electron chi connectivity index (χ1n) is 9.02. The number of amides is 1. The number of hydrogen-bond donors (Lipinski definition) is 2. The number of carbonyl (C=O) groups excluding carboxylic acids is 1. The van der Waals surface area contributed by atoms with Gasteiger partial charge < -0.3 is 9.73 Å². The van der Waals surface area contributed by atoms with Crippen LogP contribution in [0.15, 0.2) is 76.2 Å². The Morgan fingerprint density at radius 3 is 2.52 bits per heavy atom. The summed E-state index contributed by atoms with van der Waals surface area (Å²) in [6, 6.07) is 16.8. The molecule has 2 aromatic carbocycles. The Morgan fingerprint density at radius 1 is 1.03 bits per heavy atom. The maximum atomic E-state index is 12.6. The van der Waals surface area contributed by atoms with E-state index in [0.29, 0.717) is 12.3 Å². The number of furan rings is 1. The normalized spacial score (nSPS) is 11.2. The van der Waals surface area contributed by atoms with Gasteiger partial charge in [0.1, 0.15) is 5.76 Å². The van der Waals surface area contributed by atoms with Crippen molar-refractivity contribution in [2.24, 2.45) is 0 Å². The van der Waals surface area contributed by atoms with E-state index in [1.165, 1.54) is 12.1 Å². The van der Waals surface area contributed by atoms with Crippen LogP contribution in [0, 0.1) is 6.92 Å². The summed E-state index contributed by atoms with van der Waals surface area (Å²) in [6.45, 7) is 2.35. The first kappa shape index (κ1) is 21.0. The van der Waals surface area contributed by atoms with Crippen molar-refractivity contribution in [3.8, 4) is 0 Å². The summed E-state index contributed by atoms with van der Waals surface area (Å²) in [7, 11) is -3.78. The van der Waals surface area contributed by atoms with Gasteiger partial charge in [0.15, 0.2) is 0 Å². The van der Waals surface area contributed by atoms with Gasteiger partial charge in [0.2, 0.25) is 0 Å². The molecule has 3 aromatic rings. The number of benzene rings is 2. The molecule has 0 aliphatic rings. The van der Waals surface area contributed by atoms with Crippen LogP contribution in [0.2, 0.25) is 0 Å². The molecule has 0 radical (unpaired) electrons. The van der Waals surface area contributed by atoms with E-state index in [-0.39, 0.29) is 22.1 Å².